The Hall–Kier alpha value is -2.15. The van der Waals surface area contributed by atoms with E-state index in [4.69, 9.17) is 5.73 Å². The largest absolute Gasteiger partial charge is 0.368 e. The first-order valence-corrected chi connectivity index (χ1v) is 10.4. The Morgan fingerprint density at radius 3 is 2.64 bits per heavy atom. The van der Waals surface area contributed by atoms with Gasteiger partial charge in [-0.05, 0) is 31.4 Å². The zero-order valence-corrected chi connectivity index (χ0v) is 15.5. The molecule has 0 bridgehead atoms. The molecular weight excluding hydrogens is 336 g/mol. The van der Waals surface area contributed by atoms with Crippen LogP contribution in [0.2, 0.25) is 0 Å². The first-order valence-electron chi connectivity index (χ1n) is 8.53. The summed E-state index contributed by atoms with van der Waals surface area (Å²) < 4.78 is 24.5. The SMILES string of the molecule is Cc1cc(N2CCCCCC2c2ccccc2S(C)(=O)=O)nc(N)n1. The van der Waals surface area contributed by atoms with Crippen molar-refractivity contribution in [1.82, 2.24) is 9.97 Å². The Morgan fingerprint density at radius 2 is 1.92 bits per heavy atom. The third-order valence-electron chi connectivity index (χ3n) is 4.58. The Kier molecular flexibility index (Phi) is 4.94. The Labute approximate surface area is 149 Å². The Balaban J connectivity index is 2.11. The van der Waals surface area contributed by atoms with Gasteiger partial charge in [0.05, 0.1) is 10.9 Å². The fourth-order valence-corrected chi connectivity index (χ4v) is 4.48. The highest BCUT2D eigenvalue weighted by molar-refractivity contribution is 7.90. The first kappa shape index (κ1) is 17.7. The summed E-state index contributed by atoms with van der Waals surface area (Å²) in [5, 5.41) is 0. The van der Waals surface area contributed by atoms with E-state index in [2.05, 4.69) is 14.9 Å². The van der Waals surface area contributed by atoms with Crippen LogP contribution in [0.15, 0.2) is 35.2 Å². The normalized spacial score (nSPS) is 18.8. The highest BCUT2D eigenvalue weighted by Gasteiger charge is 2.28. The summed E-state index contributed by atoms with van der Waals surface area (Å²) in [7, 11) is -3.30. The van der Waals surface area contributed by atoms with Gasteiger partial charge in [0.25, 0.3) is 0 Å². The minimum Gasteiger partial charge on any atom is -0.368 e. The summed E-state index contributed by atoms with van der Waals surface area (Å²) in [5.74, 6) is 1.01. The van der Waals surface area contributed by atoms with E-state index in [1.54, 1.807) is 12.1 Å². The molecule has 2 N–H and O–H groups in total. The molecule has 2 heterocycles. The fourth-order valence-electron chi connectivity index (χ4n) is 3.52. The van der Waals surface area contributed by atoms with Crippen molar-refractivity contribution < 1.29 is 8.42 Å². The van der Waals surface area contributed by atoms with Crippen LogP contribution < -0.4 is 10.6 Å². The second-order valence-corrected chi connectivity index (χ2v) is 8.58. The molecule has 1 aromatic heterocycles. The molecular formula is C18H24N4O2S. The van der Waals surface area contributed by atoms with Crippen LogP contribution in [-0.2, 0) is 9.84 Å². The van der Waals surface area contributed by atoms with Crippen molar-refractivity contribution in [2.24, 2.45) is 0 Å². The van der Waals surface area contributed by atoms with Crippen molar-refractivity contribution in [3.8, 4) is 0 Å². The number of sulfone groups is 1. The summed E-state index contributed by atoms with van der Waals surface area (Å²) >= 11 is 0. The second kappa shape index (κ2) is 7.00. The van der Waals surface area contributed by atoms with E-state index in [0.717, 1.165) is 49.3 Å². The van der Waals surface area contributed by atoms with Crippen LogP contribution >= 0.6 is 0 Å². The summed E-state index contributed by atoms with van der Waals surface area (Å²) in [5.41, 5.74) is 7.49. The number of nitrogen functional groups attached to an aromatic ring is 1. The monoisotopic (exact) mass is 360 g/mol. The number of aromatic nitrogens is 2. The molecule has 0 aliphatic carbocycles. The van der Waals surface area contributed by atoms with Gasteiger partial charge in [-0.1, -0.05) is 31.0 Å². The molecule has 2 aromatic rings. The molecule has 1 aliphatic heterocycles. The second-order valence-electron chi connectivity index (χ2n) is 6.59. The smallest absolute Gasteiger partial charge is 0.222 e. The third kappa shape index (κ3) is 3.92. The lowest BCUT2D eigenvalue weighted by Crippen LogP contribution is -2.30. The van der Waals surface area contributed by atoms with E-state index >= 15 is 0 Å². The number of aryl methyl sites for hydroxylation is 1. The van der Waals surface area contributed by atoms with Gasteiger partial charge in [-0.15, -0.1) is 0 Å². The van der Waals surface area contributed by atoms with Crippen molar-refractivity contribution in [3.63, 3.8) is 0 Å². The van der Waals surface area contributed by atoms with Gasteiger partial charge < -0.3 is 10.6 Å². The van der Waals surface area contributed by atoms with Crippen LogP contribution in [-0.4, -0.2) is 31.2 Å². The maximum atomic E-state index is 12.3. The van der Waals surface area contributed by atoms with Gasteiger partial charge in [0.2, 0.25) is 5.95 Å². The average Bonchev–Trinajstić information content (AvgIpc) is 2.79. The lowest BCUT2D eigenvalue weighted by Gasteiger charge is -2.32. The molecule has 25 heavy (non-hydrogen) atoms. The molecule has 1 unspecified atom stereocenters. The van der Waals surface area contributed by atoms with Crippen molar-refractivity contribution >= 4 is 21.6 Å². The van der Waals surface area contributed by atoms with E-state index < -0.39 is 9.84 Å². The van der Waals surface area contributed by atoms with Gasteiger partial charge in [0.15, 0.2) is 9.84 Å². The van der Waals surface area contributed by atoms with Crippen molar-refractivity contribution in [2.45, 2.75) is 43.5 Å². The average molecular weight is 360 g/mol. The maximum Gasteiger partial charge on any atom is 0.222 e. The van der Waals surface area contributed by atoms with Crippen LogP contribution in [0.4, 0.5) is 11.8 Å². The Morgan fingerprint density at radius 1 is 1.16 bits per heavy atom. The van der Waals surface area contributed by atoms with Crippen LogP contribution in [0, 0.1) is 6.92 Å². The van der Waals surface area contributed by atoms with Gasteiger partial charge in [0.1, 0.15) is 5.82 Å². The fraction of sp³-hybridized carbons (Fsp3) is 0.444. The minimum atomic E-state index is -3.30. The highest BCUT2D eigenvalue weighted by atomic mass is 32.2. The van der Waals surface area contributed by atoms with Gasteiger partial charge in [-0.25, -0.2) is 13.4 Å². The number of anilines is 2. The molecule has 0 radical (unpaired) electrons. The first-order chi connectivity index (χ1) is 11.9. The van der Waals surface area contributed by atoms with E-state index in [1.165, 1.54) is 6.26 Å². The van der Waals surface area contributed by atoms with Crippen LogP contribution in [0.3, 0.4) is 0 Å². The lowest BCUT2D eigenvalue weighted by atomic mass is 10.0. The number of benzene rings is 1. The predicted molar refractivity (Wildman–Crippen MR) is 99.3 cm³/mol. The molecule has 1 fully saturated rings. The molecule has 3 rings (SSSR count). The lowest BCUT2D eigenvalue weighted by molar-refractivity contribution is 0.575. The maximum absolute atomic E-state index is 12.3. The molecule has 1 saturated heterocycles. The summed E-state index contributed by atoms with van der Waals surface area (Å²) in [6.07, 6.45) is 5.36. The van der Waals surface area contributed by atoms with Gasteiger partial charge in [0, 0.05) is 24.6 Å². The number of nitrogens with zero attached hydrogens (tertiary/aromatic N) is 3. The van der Waals surface area contributed by atoms with E-state index in [9.17, 15) is 8.42 Å². The molecule has 6 nitrogen and oxygen atoms in total. The number of hydrogen-bond acceptors (Lipinski definition) is 6. The molecule has 134 valence electrons. The number of nitrogens with two attached hydrogens (primary N) is 1. The summed E-state index contributed by atoms with van der Waals surface area (Å²) in [6, 6.07) is 9.14. The number of rotatable bonds is 3. The topological polar surface area (TPSA) is 89.2 Å². The summed E-state index contributed by atoms with van der Waals surface area (Å²) in [6.45, 7) is 2.71. The minimum absolute atomic E-state index is 0.0397. The van der Waals surface area contributed by atoms with E-state index in [0.29, 0.717) is 4.90 Å². The molecule has 1 aromatic carbocycles. The Bertz CT molecular complexity index is 847. The van der Waals surface area contributed by atoms with Crippen LogP contribution in [0.1, 0.15) is 43.0 Å². The van der Waals surface area contributed by atoms with E-state index in [1.807, 2.05) is 25.1 Å². The zero-order valence-electron chi connectivity index (χ0n) is 14.6. The quantitative estimate of drug-likeness (QED) is 0.905. The molecule has 1 aliphatic rings. The van der Waals surface area contributed by atoms with Crippen molar-refractivity contribution in [2.75, 3.05) is 23.4 Å². The van der Waals surface area contributed by atoms with Crippen LogP contribution in [0.25, 0.3) is 0 Å². The molecule has 7 heteroatoms. The predicted octanol–water partition coefficient (Wildman–Crippen LogP) is 2.89. The molecule has 0 saturated carbocycles. The molecule has 1 atom stereocenters. The van der Waals surface area contributed by atoms with Crippen LogP contribution in [0.5, 0.6) is 0 Å². The standard InChI is InChI=1S/C18H24N4O2S/c1-13-12-17(21-18(19)20-13)22-11-7-3-4-9-15(22)14-8-5-6-10-16(14)25(2,23)24/h5-6,8,10,12,15H,3-4,7,9,11H2,1-2H3,(H2,19,20,21). The van der Waals surface area contributed by atoms with E-state index in [-0.39, 0.29) is 12.0 Å². The molecule has 0 spiro atoms. The van der Waals surface area contributed by atoms with Crippen molar-refractivity contribution in [1.29, 1.82) is 0 Å². The highest BCUT2D eigenvalue weighted by Crippen LogP contribution is 2.36. The third-order valence-corrected chi connectivity index (χ3v) is 5.75. The zero-order chi connectivity index (χ0) is 18.0. The van der Waals surface area contributed by atoms with Gasteiger partial charge in [-0.3, -0.25) is 0 Å². The van der Waals surface area contributed by atoms with Crippen molar-refractivity contribution in [3.05, 3.63) is 41.6 Å². The molecule has 0 amide bonds. The summed E-state index contributed by atoms with van der Waals surface area (Å²) in [4.78, 5) is 11.1. The van der Waals surface area contributed by atoms with Gasteiger partial charge in [-0.2, -0.15) is 4.98 Å². The number of hydrogen-bond donors (Lipinski definition) is 1. The van der Waals surface area contributed by atoms with Gasteiger partial charge >= 0.3 is 0 Å².